The standard InChI is InChI=1S/C22H16F4N2O3/c23-16-10-17(24)20(26)21(19(16)25)31-12-14(29)11-27-22(30)15-8-4-5-9-18(15)28-13-6-2-1-3-7-13/h1-10,28H,11-12H2,(H,27,30). The number of hydrogen-bond acceptors (Lipinski definition) is 4. The van der Waals surface area contributed by atoms with Crippen LogP contribution in [-0.2, 0) is 4.79 Å². The maximum Gasteiger partial charge on any atom is 0.253 e. The Morgan fingerprint density at radius 3 is 2.13 bits per heavy atom. The third-order valence-corrected chi connectivity index (χ3v) is 4.12. The largest absolute Gasteiger partial charge is 0.479 e. The topological polar surface area (TPSA) is 67.4 Å². The summed E-state index contributed by atoms with van der Waals surface area (Å²) in [5.74, 6) is -9.51. The lowest BCUT2D eigenvalue weighted by atomic mass is 10.1. The van der Waals surface area contributed by atoms with Crippen LogP contribution in [0.2, 0.25) is 0 Å². The lowest BCUT2D eigenvalue weighted by molar-refractivity contribution is -0.120. The fraction of sp³-hybridized carbons (Fsp3) is 0.0909. The quantitative estimate of drug-likeness (QED) is 0.410. The number of benzene rings is 3. The number of ketones is 1. The van der Waals surface area contributed by atoms with Gasteiger partial charge in [-0.1, -0.05) is 30.3 Å². The van der Waals surface area contributed by atoms with E-state index in [1.54, 1.807) is 24.3 Å². The highest BCUT2D eigenvalue weighted by molar-refractivity contribution is 6.02. The summed E-state index contributed by atoms with van der Waals surface area (Å²) in [6.07, 6.45) is 0. The first kappa shape index (κ1) is 21.8. The predicted molar refractivity (Wildman–Crippen MR) is 105 cm³/mol. The first-order valence-electron chi connectivity index (χ1n) is 9.03. The summed E-state index contributed by atoms with van der Waals surface area (Å²) in [5, 5.41) is 5.45. The van der Waals surface area contributed by atoms with Gasteiger partial charge in [-0.25, -0.2) is 8.78 Å². The van der Waals surface area contributed by atoms with Crippen molar-refractivity contribution in [3.63, 3.8) is 0 Å². The second-order valence-corrected chi connectivity index (χ2v) is 6.34. The van der Waals surface area contributed by atoms with Gasteiger partial charge < -0.3 is 15.4 Å². The van der Waals surface area contributed by atoms with Crippen LogP contribution in [0.4, 0.5) is 28.9 Å². The first-order valence-corrected chi connectivity index (χ1v) is 9.03. The number of halogens is 4. The van der Waals surface area contributed by atoms with E-state index in [9.17, 15) is 27.2 Å². The number of amides is 1. The maximum absolute atomic E-state index is 13.6. The van der Waals surface area contributed by atoms with E-state index in [2.05, 4.69) is 15.4 Å². The van der Waals surface area contributed by atoms with Gasteiger partial charge in [0.05, 0.1) is 17.8 Å². The molecule has 160 valence electrons. The second-order valence-electron chi connectivity index (χ2n) is 6.34. The van der Waals surface area contributed by atoms with Crippen molar-refractivity contribution in [2.75, 3.05) is 18.5 Å². The number of anilines is 2. The molecule has 5 nitrogen and oxygen atoms in total. The average molecular weight is 432 g/mol. The normalized spacial score (nSPS) is 10.5. The number of Topliss-reactive ketones (excluding diaryl/α,β-unsaturated/α-hetero) is 1. The zero-order valence-electron chi connectivity index (χ0n) is 15.9. The minimum atomic E-state index is -1.75. The lowest BCUT2D eigenvalue weighted by Gasteiger charge is -2.12. The Morgan fingerprint density at radius 2 is 1.45 bits per heavy atom. The summed E-state index contributed by atoms with van der Waals surface area (Å²) >= 11 is 0. The van der Waals surface area contributed by atoms with Crippen molar-refractivity contribution < 1.29 is 31.9 Å². The molecule has 3 aromatic rings. The highest BCUT2D eigenvalue weighted by Gasteiger charge is 2.21. The number of carbonyl (C=O) groups is 2. The monoisotopic (exact) mass is 432 g/mol. The van der Waals surface area contributed by atoms with E-state index in [1.165, 1.54) is 0 Å². The van der Waals surface area contributed by atoms with Gasteiger partial charge in [-0.3, -0.25) is 9.59 Å². The van der Waals surface area contributed by atoms with Crippen LogP contribution in [-0.4, -0.2) is 24.8 Å². The molecule has 0 unspecified atom stereocenters. The summed E-state index contributed by atoms with van der Waals surface area (Å²) in [6.45, 7) is -1.43. The van der Waals surface area contributed by atoms with Crippen molar-refractivity contribution in [3.8, 4) is 5.75 Å². The van der Waals surface area contributed by atoms with Gasteiger partial charge in [-0.2, -0.15) is 8.78 Å². The van der Waals surface area contributed by atoms with Crippen molar-refractivity contribution in [2.24, 2.45) is 0 Å². The highest BCUT2D eigenvalue weighted by atomic mass is 19.2. The Kier molecular flexibility index (Phi) is 6.86. The third kappa shape index (κ3) is 5.39. The van der Waals surface area contributed by atoms with Crippen LogP contribution in [0.5, 0.6) is 5.75 Å². The van der Waals surface area contributed by atoms with Gasteiger partial charge in [0, 0.05) is 11.8 Å². The molecule has 0 spiro atoms. The molecule has 0 fully saturated rings. The molecule has 0 aromatic heterocycles. The summed E-state index contributed by atoms with van der Waals surface area (Å²) in [4.78, 5) is 24.4. The van der Waals surface area contributed by atoms with Crippen molar-refractivity contribution in [3.05, 3.63) is 89.5 Å². The molecule has 0 saturated carbocycles. The Balaban J connectivity index is 1.60. The average Bonchev–Trinajstić information content (AvgIpc) is 2.77. The molecule has 3 rings (SSSR count). The summed E-state index contributed by atoms with van der Waals surface area (Å²) < 4.78 is 58.0. The molecule has 0 radical (unpaired) electrons. The molecule has 0 aliphatic heterocycles. The SMILES string of the molecule is O=C(CNC(=O)c1ccccc1Nc1ccccc1)COc1c(F)c(F)cc(F)c1F. The van der Waals surface area contributed by atoms with Crippen LogP contribution in [0.25, 0.3) is 0 Å². The lowest BCUT2D eigenvalue weighted by Crippen LogP contribution is -2.32. The molecule has 2 N–H and O–H groups in total. The molecular weight excluding hydrogens is 416 g/mol. The maximum atomic E-state index is 13.6. The van der Waals surface area contributed by atoms with E-state index in [4.69, 9.17) is 0 Å². The smallest absolute Gasteiger partial charge is 0.253 e. The number of hydrogen-bond donors (Lipinski definition) is 2. The molecule has 0 bridgehead atoms. The third-order valence-electron chi connectivity index (χ3n) is 4.12. The highest BCUT2D eigenvalue weighted by Crippen LogP contribution is 2.26. The van der Waals surface area contributed by atoms with Crippen LogP contribution >= 0.6 is 0 Å². The number of para-hydroxylation sites is 2. The van der Waals surface area contributed by atoms with Gasteiger partial charge >= 0.3 is 0 Å². The molecule has 3 aromatic carbocycles. The summed E-state index contributed by atoms with van der Waals surface area (Å²) in [7, 11) is 0. The van der Waals surface area contributed by atoms with E-state index in [1.807, 2.05) is 30.3 Å². The number of ether oxygens (including phenoxy) is 1. The van der Waals surface area contributed by atoms with E-state index in [0.29, 0.717) is 5.69 Å². The summed E-state index contributed by atoms with van der Waals surface area (Å²) in [5.41, 5.74) is 1.50. The second kappa shape index (κ2) is 9.75. The number of nitrogens with one attached hydrogen (secondary N) is 2. The van der Waals surface area contributed by atoms with Crippen molar-refractivity contribution in [1.82, 2.24) is 5.32 Å². The number of carbonyl (C=O) groups excluding carboxylic acids is 2. The van der Waals surface area contributed by atoms with Crippen LogP contribution in [0, 0.1) is 23.3 Å². The minimum Gasteiger partial charge on any atom is -0.479 e. The molecule has 9 heteroatoms. The fourth-order valence-electron chi connectivity index (χ4n) is 2.62. The van der Waals surface area contributed by atoms with Crippen molar-refractivity contribution in [2.45, 2.75) is 0 Å². The van der Waals surface area contributed by atoms with Gasteiger partial charge in [0.2, 0.25) is 11.6 Å². The van der Waals surface area contributed by atoms with E-state index in [0.717, 1.165) is 5.69 Å². The van der Waals surface area contributed by atoms with E-state index < -0.39 is 53.9 Å². The predicted octanol–water partition coefficient (Wildman–Crippen LogP) is 4.36. The molecular formula is C22H16F4N2O3. The molecule has 0 aliphatic rings. The first-order chi connectivity index (χ1) is 14.9. The Bertz CT molecular complexity index is 1080. The van der Waals surface area contributed by atoms with Crippen molar-refractivity contribution >= 4 is 23.1 Å². The van der Waals surface area contributed by atoms with Crippen LogP contribution in [0.15, 0.2) is 60.7 Å². The molecule has 0 atom stereocenters. The van der Waals surface area contributed by atoms with Gasteiger partial charge in [-0.05, 0) is 24.3 Å². The molecule has 31 heavy (non-hydrogen) atoms. The Hall–Kier alpha value is -3.88. The Morgan fingerprint density at radius 1 is 0.839 bits per heavy atom. The summed E-state index contributed by atoms with van der Waals surface area (Å²) in [6, 6.07) is 15.7. The molecule has 1 amide bonds. The number of rotatable bonds is 8. The minimum absolute atomic E-state index is 0.0283. The Labute approximate surface area is 174 Å². The van der Waals surface area contributed by atoms with Gasteiger partial charge in [0.25, 0.3) is 5.91 Å². The van der Waals surface area contributed by atoms with E-state index in [-0.39, 0.29) is 11.6 Å². The fourth-order valence-corrected chi connectivity index (χ4v) is 2.62. The molecule has 0 heterocycles. The zero-order valence-corrected chi connectivity index (χ0v) is 15.9. The van der Waals surface area contributed by atoms with Gasteiger partial charge in [0.15, 0.2) is 23.2 Å². The van der Waals surface area contributed by atoms with Crippen molar-refractivity contribution in [1.29, 1.82) is 0 Å². The molecule has 0 aliphatic carbocycles. The van der Waals surface area contributed by atoms with Crippen LogP contribution in [0.3, 0.4) is 0 Å². The molecule has 0 saturated heterocycles. The van der Waals surface area contributed by atoms with Crippen LogP contribution in [0.1, 0.15) is 10.4 Å². The van der Waals surface area contributed by atoms with Gasteiger partial charge in [-0.15, -0.1) is 0 Å². The zero-order chi connectivity index (χ0) is 22.4. The van der Waals surface area contributed by atoms with E-state index >= 15 is 0 Å². The van der Waals surface area contributed by atoms with Crippen LogP contribution < -0.4 is 15.4 Å². The van der Waals surface area contributed by atoms with Gasteiger partial charge in [0.1, 0.15) is 6.61 Å².